The van der Waals surface area contributed by atoms with Crippen LogP contribution >= 0.6 is 0 Å². The molecule has 5 heterocycles. The van der Waals surface area contributed by atoms with Crippen LogP contribution in [0, 0.1) is 0 Å². The Bertz CT molecular complexity index is 2560. The molecule has 1 aliphatic rings. The molecule has 5 aromatic heterocycles. The number of carboxylic acids is 1. The zero-order valence-corrected chi connectivity index (χ0v) is 27.2. The molecule has 1 saturated carbocycles. The van der Waals surface area contributed by atoms with Gasteiger partial charge in [-0.3, -0.25) is 15.0 Å². The normalized spacial score (nSPS) is 13.7. The van der Waals surface area contributed by atoms with Gasteiger partial charge < -0.3 is 9.67 Å². The van der Waals surface area contributed by atoms with Crippen LogP contribution in [0.4, 0.5) is 0 Å². The Labute approximate surface area is 288 Å². The van der Waals surface area contributed by atoms with Crippen molar-refractivity contribution >= 4 is 38.8 Å². The third kappa shape index (κ3) is 5.17. The number of nitrogens with zero attached hydrogens (tertiary/aromatic N) is 6. The van der Waals surface area contributed by atoms with E-state index in [0.717, 1.165) is 81.3 Å². The Morgan fingerprint density at radius 1 is 0.640 bits per heavy atom. The molecule has 0 aliphatic heterocycles. The maximum Gasteiger partial charge on any atom is 0.337 e. The van der Waals surface area contributed by atoms with Crippen molar-refractivity contribution in [1.82, 2.24) is 29.5 Å². The van der Waals surface area contributed by atoms with Crippen molar-refractivity contribution in [3.8, 4) is 45.2 Å². The van der Waals surface area contributed by atoms with E-state index in [2.05, 4.69) is 37.7 Å². The average molecular weight is 653 g/mol. The summed E-state index contributed by atoms with van der Waals surface area (Å²) in [6.07, 6.45) is 10.8. The second-order valence-corrected chi connectivity index (χ2v) is 12.9. The number of carbonyl (C=O) groups is 1. The predicted molar refractivity (Wildman–Crippen MR) is 197 cm³/mol. The molecular weight excluding hydrogens is 621 g/mol. The molecule has 0 bridgehead atoms. The second kappa shape index (κ2) is 12.3. The molecule has 1 fully saturated rings. The lowest BCUT2D eigenvalue weighted by Crippen LogP contribution is -2.14. The van der Waals surface area contributed by atoms with Gasteiger partial charge in [-0.05, 0) is 91.2 Å². The van der Waals surface area contributed by atoms with E-state index in [9.17, 15) is 9.90 Å². The van der Waals surface area contributed by atoms with Gasteiger partial charge in [-0.25, -0.2) is 14.8 Å². The van der Waals surface area contributed by atoms with Gasteiger partial charge in [0.25, 0.3) is 0 Å². The monoisotopic (exact) mass is 652 g/mol. The summed E-state index contributed by atoms with van der Waals surface area (Å²) in [6.45, 7) is 0. The minimum absolute atomic E-state index is 0.184. The highest BCUT2D eigenvalue weighted by Gasteiger charge is 2.29. The summed E-state index contributed by atoms with van der Waals surface area (Å²) >= 11 is 0. The van der Waals surface area contributed by atoms with Gasteiger partial charge in [-0.2, -0.15) is 0 Å². The lowest BCUT2D eigenvalue weighted by atomic mass is 9.90. The molecule has 0 saturated heterocycles. The quantitative estimate of drug-likeness (QED) is 0.191. The van der Waals surface area contributed by atoms with Crippen LogP contribution in [0.25, 0.3) is 78.0 Å². The molecule has 0 amide bonds. The van der Waals surface area contributed by atoms with E-state index in [1.165, 1.54) is 6.42 Å². The van der Waals surface area contributed by atoms with E-state index in [1.54, 1.807) is 18.6 Å². The third-order valence-electron chi connectivity index (χ3n) is 9.85. The van der Waals surface area contributed by atoms with Crippen molar-refractivity contribution < 1.29 is 9.90 Å². The summed E-state index contributed by atoms with van der Waals surface area (Å²) in [6, 6.07) is 33.8. The largest absolute Gasteiger partial charge is 0.478 e. The van der Waals surface area contributed by atoms with Gasteiger partial charge in [0, 0.05) is 52.1 Å². The molecule has 8 aromatic rings. The first-order chi connectivity index (χ1) is 24.6. The van der Waals surface area contributed by atoms with E-state index in [4.69, 9.17) is 9.97 Å². The van der Waals surface area contributed by atoms with Crippen molar-refractivity contribution in [2.45, 2.75) is 38.1 Å². The van der Waals surface area contributed by atoms with Crippen LogP contribution in [0.1, 0.15) is 48.5 Å². The highest BCUT2D eigenvalue weighted by molar-refractivity contribution is 6.12. The molecule has 8 nitrogen and oxygen atoms in total. The molecule has 0 radical (unpaired) electrons. The number of fused-ring (bicyclic) bond motifs is 3. The number of pyridine rings is 4. The Morgan fingerprint density at radius 3 is 2.14 bits per heavy atom. The van der Waals surface area contributed by atoms with Crippen molar-refractivity contribution in [1.29, 1.82) is 0 Å². The molecule has 3 aromatic carbocycles. The Hall–Kier alpha value is -6.28. The zero-order valence-electron chi connectivity index (χ0n) is 27.2. The minimum Gasteiger partial charge on any atom is -0.478 e. The van der Waals surface area contributed by atoms with Crippen molar-refractivity contribution in [2.75, 3.05) is 0 Å². The molecule has 1 aliphatic carbocycles. The Balaban J connectivity index is 1.33. The number of hydrogen-bond acceptors (Lipinski definition) is 6. The number of benzene rings is 3. The summed E-state index contributed by atoms with van der Waals surface area (Å²) < 4.78 is 2.37. The average Bonchev–Trinajstić information content (AvgIpc) is 3.57. The topological polar surface area (TPSA) is 107 Å². The van der Waals surface area contributed by atoms with Crippen LogP contribution in [0.3, 0.4) is 0 Å². The first-order valence-electron chi connectivity index (χ1n) is 17.0. The number of aromatic nitrogens is 6. The standard InChI is InChI=1S/C42H32N6O2/c49-42(50)39-31(34-12-4-6-20-44-34)25-37-40(38(39)28-15-17-32-26(23-28)9-8-22-43-32)47-41(48(37)30-10-2-1-3-11-30)29-16-18-33-27(24-29)14-19-36(46-33)35-13-5-7-21-45-35/h4-9,12-25,30H,1-3,10-11H2,(H,49,50). The first-order valence-corrected chi connectivity index (χ1v) is 17.0. The van der Waals surface area contributed by atoms with Crippen LogP contribution < -0.4 is 0 Å². The second-order valence-electron chi connectivity index (χ2n) is 12.9. The lowest BCUT2D eigenvalue weighted by molar-refractivity contribution is 0.0698. The van der Waals surface area contributed by atoms with Gasteiger partial charge in [0.05, 0.1) is 44.7 Å². The number of carboxylic acid groups (broad SMARTS) is 1. The summed E-state index contributed by atoms with van der Waals surface area (Å²) in [7, 11) is 0. The minimum atomic E-state index is -1.02. The maximum absolute atomic E-state index is 13.4. The van der Waals surface area contributed by atoms with Gasteiger partial charge in [-0.15, -0.1) is 0 Å². The Kier molecular flexibility index (Phi) is 7.34. The number of rotatable bonds is 6. The smallest absolute Gasteiger partial charge is 0.337 e. The highest BCUT2D eigenvalue weighted by atomic mass is 16.4. The van der Waals surface area contributed by atoms with Crippen molar-refractivity contribution in [3.05, 3.63) is 127 Å². The fourth-order valence-corrected chi connectivity index (χ4v) is 7.52. The fraction of sp³-hybridized carbons (Fsp3) is 0.143. The molecule has 50 heavy (non-hydrogen) atoms. The number of aromatic carboxylic acids is 1. The van der Waals surface area contributed by atoms with Crippen LogP contribution in [-0.4, -0.2) is 40.6 Å². The predicted octanol–water partition coefficient (Wildman–Crippen LogP) is 9.79. The van der Waals surface area contributed by atoms with Crippen molar-refractivity contribution in [2.24, 2.45) is 0 Å². The van der Waals surface area contributed by atoms with Gasteiger partial charge in [-0.1, -0.05) is 49.6 Å². The fourth-order valence-electron chi connectivity index (χ4n) is 7.52. The molecule has 8 heteroatoms. The molecule has 0 spiro atoms. The number of imidazole rings is 1. The zero-order chi connectivity index (χ0) is 33.6. The Morgan fingerprint density at radius 2 is 1.36 bits per heavy atom. The maximum atomic E-state index is 13.4. The summed E-state index contributed by atoms with van der Waals surface area (Å²) in [5.74, 6) is -0.205. The van der Waals surface area contributed by atoms with Gasteiger partial charge in [0.1, 0.15) is 5.82 Å². The van der Waals surface area contributed by atoms with Crippen LogP contribution in [0.5, 0.6) is 0 Å². The van der Waals surface area contributed by atoms with E-state index in [-0.39, 0.29) is 11.6 Å². The molecule has 0 atom stereocenters. The van der Waals surface area contributed by atoms with Crippen LogP contribution in [0.15, 0.2) is 122 Å². The van der Waals surface area contributed by atoms with Crippen LogP contribution in [0.2, 0.25) is 0 Å². The molecule has 0 unspecified atom stereocenters. The third-order valence-corrected chi connectivity index (χ3v) is 9.85. The molecular formula is C42H32N6O2. The van der Waals surface area contributed by atoms with E-state index in [0.29, 0.717) is 22.3 Å². The van der Waals surface area contributed by atoms with Gasteiger partial charge in [0.15, 0.2) is 0 Å². The molecule has 1 N–H and O–H groups in total. The molecule has 242 valence electrons. The van der Waals surface area contributed by atoms with Crippen LogP contribution in [-0.2, 0) is 0 Å². The summed E-state index contributed by atoms with van der Waals surface area (Å²) in [4.78, 5) is 37.3. The SMILES string of the molecule is O=C(O)c1c(-c2ccccn2)cc2c(nc(-c3ccc4nc(-c5ccccn5)ccc4c3)n2C2CCCCC2)c1-c1ccc2ncccc2c1. The highest BCUT2D eigenvalue weighted by Crippen LogP contribution is 2.44. The lowest BCUT2D eigenvalue weighted by Gasteiger charge is -2.26. The summed E-state index contributed by atoms with van der Waals surface area (Å²) in [5.41, 5.74) is 8.59. The van der Waals surface area contributed by atoms with Gasteiger partial charge >= 0.3 is 5.97 Å². The summed E-state index contributed by atoms with van der Waals surface area (Å²) in [5, 5.41) is 12.8. The van der Waals surface area contributed by atoms with E-state index >= 15 is 0 Å². The van der Waals surface area contributed by atoms with Gasteiger partial charge in [0.2, 0.25) is 0 Å². The first kappa shape index (κ1) is 29.8. The van der Waals surface area contributed by atoms with Crippen molar-refractivity contribution in [3.63, 3.8) is 0 Å². The number of hydrogen-bond donors (Lipinski definition) is 1. The van der Waals surface area contributed by atoms with E-state index < -0.39 is 5.97 Å². The molecule has 9 rings (SSSR count). The van der Waals surface area contributed by atoms with E-state index in [1.807, 2.05) is 84.9 Å².